The molecule has 7 heteroatoms. The second-order valence-electron chi connectivity index (χ2n) is 3.78. The van der Waals surface area contributed by atoms with Crippen molar-refractivity contribution in [1.29, 1.82) is 0 Å². The molecule has 0 rings (SSSR count). The molecule has 0 fully saturated rings. The quantitative estimate of drug-likeness (QED) is 0.498. The van der Waals surface area contributed by atoms with E-state index in [1.165, 1.54) is 12.0 Å². The number of aliphatic carboxylic acids is 1. The Bertz CT molecular complexity index is 343. The number of ether oxygens (including phenoxy) is 1. The number of urea groups is 1. The Labute approximate surface area is 112 Å². The van der Waals surface area contributed by atoms with Gasteiger partial charge >= 0.3 is 18.0 Å². The summed E-state index contributed by atoms with van der Waals surface area (Å²) in [5, 5.41) is 11.4. The summed E-state index contributed by atoms with van der Waals surface area (Å²) in [6, 6.07) is -1.62. The van der Waals surface area contributed by atoms with Crippen molar-refractivity contribution in [2.45, 2.75) is 25.8 Å². The minimum Gasteiger partial charge on any atom is -0.480 e. The number of carboxylic acids is 1. The van der Waals surface area contributed by atoms with E-state index in [9.17, 15) is 14.4 Å². The van der Waals surface area contributed by atoms with Crippen LogP contribution in [0.4, 0.5) is 4.79 Å². The van der Waals surface area contributed by atoms with Gasteiger partial charge in [-0.1, -0.05) is 6.08 Å². The number of amides is 2. The lowest BCUT2D eigenvalue weighted by molar-refractivity contribution is -0.142. The molecule has 19 heavy (non-hydrogen) atoms. The fraction of sp³-hybridized carbons (Fsp3) is 0.583. The number of rotatable bonds is 8. The van der Waals surface area contributed by atoms with Crippen molar-refractivity contribution in [3.63, 3.8) is 0 Å². The second kappa shape index (κ2) is 8.96. The van der Waals surface area contributed by atoms with Crippen molar-refractivity contribution in [3.05, 3.63) is 12.7 Å². The van der Waals surface area contributed by atoms with Gasteiger partial charge in [0.15, 0.2) is 0 Å². The van der Waals surface area contributed by atoms with Crippen LogP contribution in [0.15, 0.2) is 12.7 Å². The number of methoxy groups -OCH3 is 1. The zero-order valence-electron chi connectivity index (χ0n) is 11.2. The maximum Gasteiger partial charge on any atom is 0.326 e. The van der Waals surface area contributed by atoms with Crippen LogP contribution >= 0.6 is 0 Å². The molecular weight excluding hydrogens is 252 g/mol. The van der Waals surface area contributed by atoms with Crippen LogP contribution < -0.4 is 5.32 Å². The molecule has 0 saturated carbocycles. The van der Waals surface area contributed by atoms with Gasteiger partial charge < -0.3 is 20.1 Å². The predicted octanol–water partition coefficient (Wildman–Crippen LogP) is 0.610. The van der Waals surface area contributed by atoms with Crippen LogP contribution in [-0.4, -0.2) is 54.2 Å². The Morgan fingerprint density at radius 3 is 2.53 bits per heavy atom. The number of carbonyl (C=O) groups excluding carboxylic acids is 2. The van der Waals surface area contributed by atoms with Crippen molar-refractivity contribution in [3.8, 4) is 0 Å². The summed E-state index contributed by atoms with van der Waals surface area (Å²) in [4.78, 5) is 35.1. The molecule has 0 unspecified atom stereocenters. The van der Waals surface area contributed by atoms with Gasteiger partial charge in [0.05, 0.1) is 7.11 Å². The highest BCUT2D eigenvalue weighted by Gasteiger charge is 2.23. The third kappa shape index (κ3) is 6.44. The molecule has 0 spiro atoms. The van der Waals surface area contributed by atoms with E-state index in [1.807, 2.05) is 0 Å². The smallest absolute Gasteiger partial charge is 0.326 e. The number of esters is 1. The summed E-state index contributed by atoms with van der Waals surface area (Å²) in [5.41, 5.74) is 0. The first-order valence-corrected chi connectivity index (χ1v) is 5.92. The van der Waals surface area contributed by atoms with Gasteiger partial charge in [-0.15, -0.1) is 6.58 Å². The number of likely N-dealkylation sites (N-methyl/N-ethyl adjacent to an activating group) is 1. The van der Waals surface area contributed by atoms with E-state index in [2.05, 4.69) is 16.6 Å². The summed E-state index contributed by atoms with van der Waals surface area (Å²) in [7, 11) is 1.22. The van der Waals surface area contributed by atoms with Crippen LogP contribution in [0.25, 0.3) is 0 Å². The Balaban J connectivity index is 4.48. The Hall–Kier alpha value is -2.05. The van der Waals surface area contributed by atoms with Gasteiger partial charge in [-0.2, -0.15) is 0 Å². The van der Waals surface area contributed by atoms with Gasteiger partial charge in [0, 0.05) is 19.5 Å². The van der Waals surface area contributed by atoms with Crippen molar-refractivity contribution < 1.29 is 24.2 Å². The average Bonchev–Trinajstić information content (AvgIpc) is 2.39. The normalized spacial score (nSPS) is 11.3. The van der Waals surface area contributed by atoms with Crippen molar-refractivity contribution in [1.82, 2.24) is 10.2 Å². The molecule has 0 aromatic rings. The van der Waals surface area contributed by atoms with Gasteiger partial charge in [-0.3, -0.25) is 4.79 Å². The van der Waals surface area contributed by atoms with Crippen LogP contribution in [0.1, 0.15) is 19.8 Å². The third-order valence-corrected chi connectivity index (χ3v) is 2.48. The standard InChI is InChI=1S/C12H20N2O5/c1-4-8-14(5-2)12(18)13-9(11(16)17)6-7-10(15)19-3/h4,9H,1,5-8H2,2-3H3,(H,13,18)(H,16,17)/t9-/m1/s1. The number of nitrogens with one attached hydrogen (secondary N) is 1. The van der Waals surface area contributed by atoms with Gasteiger partial charge in [-0.25, -0.2) is 9.59 Å². The number of hydrogen-bond donors (Lipinski definition) is 2. The number of hydrogen-bond acceptors (Lipinski definition) is 4. The summed E-state index contributed by atoms with van der Waals surface area (Å²) < 4.78 is 4.42. The lowest BCUT2D eigenvalue weighted by Gasteiger charge is -2.22. The molecule has 2 amide bonds. The van der Waals surface area contributed by atoms with E-state index < -0.39 is 24.0 Å². The van der Waals surface area contributed by atoms with Crippen LogP contribution in [0.3, 0.4) is 0 Å². The minimum atomic E-state index is -1.19. The minimum absolute atomic E-state index is 0.0145. The fourth-order valence-corrected chi connectivity index (χ4v) is 1.37. The summed E-state index contributed by atoms with van der Waals surface area (Å²) >= 11 is 0. The first kappa shape index (κ1) is 16.9. The van der Waals surface area contributed by atoms with E-state index in [0.29, 0.717) is 13.1 Å². The third-order valence-electron chi connectivity index (χ3n) is 2.48. The molecule has 0 bridgehead atoms. The van der Waals surface area contributed by atoms with E-state index >= 15 is 0 Å². The molecule has 0 radical (unpaired) electrons. The molecule has 0 aliphatic heterocycles. The summed E-state index contributed by atoms with van der Waals surface area (Å²) in [5.74, 6) is -1.70. The van der Waals surface area contributed by atoms with Gasteiger partial charge in [0.25, 0.3) is 0 Å². The van der Waals surface area contributed by atoms with Crippen LogP contribution in [0.5, 0.6) is 0 Å². The van der Waals surface area contributed by atoms with E-state index in [0.717, 1.165) is 0 Å². The first-order valence-electron chi connectivity index (χ1n) is 5.92. The highest BCUT2D eigenvalue weighted by Crippen LogP contribution is 2.01. The lowest BCUT2D eigenvalue weighted by atomic mass is 10.1. The zero-order chi connectivity index (χ0) is 14.8. The molecule has 0 aliphatic carbocycles. The molecule has 0 aromatic carbocycles. The molecule has 108 valence electrons. The number of carbonyl (C=O) groups is 3. The average molecular weight is 272 g/mol. The molecule has 7 nitrogen and oxygen atoms in total. The molecule has 0 heterocycles. The highest BCUT2D eigenvalue weighted by molar-refractivity contribution is 5.83. The van der Waals surface area contributed by atoms with Gasteiger partial charge in [-0.05, 0) is 13.3 Å². The molecule has 0 aromatic heterocycles. The SMILES string of the molecule is C=CCN(CC)C(=O)N[C@H](CCC(=O)OC)C(=O)O. The topological polar surface area (TPSA) is 95.9 Å². The maximum atomic E-state index is 11.8. The molecule has 0 saturated heterocycles. The molecular formula is C12H20N2O5. The Kier molecular flexibility index (Phi) is 7.99. The molecule has 2 N–H and O–H groups in total. The molecule has 0 aliphatic rings. The predicted molar refractivity (Wildman–Crippen MR) is 68.6 cm³/mol. The Morgan fingerprint density at radius 1 is 1.47 bits per heavy atom. The Morgan fingerprint density at radius 2 is 2.11 bits per heavy atom. The lowest BCUT2D eigenvalue weighted by Crippen LogP contribution is -2.48. The van der Waals surface area contributed by atoms with Gasteiger partial charge in [0.1, 0.15) is 6.04 Å². The van der Waals surface area contributed by atoms with Crippen LogP contribution in [-0.2, 0) is 14.3 Å². The van der Waals surface area contributed by atoms with Crippen molar-refractivity contribution in [2.75, 3.05) is 20.2 Å². The van der Waals surface area contributed by atoms with Crippen LogP contribution in [0, 0.1) is 0 Å². The highest BCUT2D eigenvalue weighted by atomic mass is 16.5. The van der Waals surface area contributed by atoms with E-state index in [1.54, 1.807) is 13.0 Å². The van der Waals surface area contributed by atoms with Gasteiger partial charge in [0.2, 0.25) is 0 Å². The van der Waals surface area contributed by atoms with E-state index in [-0.39, 0.29) is 12.8 Å². The van der Waals surface area contributed by atoms with E-state index in [4.69, 9.17) is 5.11 Å². The first-order chi connectivity index (χ1) is 8.96. The monoisotopic (exact) mass is 272 g/mol. The summed E-state index contributed by atoms with van der Waals surface area (Å²) in [6.45, 7) is 6.04. The van der Waals surface area contributed by atoms with Crippen molar-refractivity contribution in [2.24, 2.45) is 0 Å². The second-order valence-corrected chi connectivity index (χ2v) is 3.78. The molecule has 1 atom stereocenters. The summed E-state index contributed by atoms with van der Waals surface area (Å²) in [6.07, 6.45) is 1.47. The number of nitrogens with zero attached hydrogens (tertiary/aromatic N) is 1. The van der Waals surface area contributed by atoms with Crippen molar-refractivity contribution >= 4 is 18.0 Å². The zero-order valence-corrected chi connectivity index (χ0v) is 11.2. The fourth-order valence-electron chi connectivity index (χ4n) is 1.37. The number of carboxylic acid groups (broad SMARTS) is 1. The van der Waals surface area contributed by atoms with Crippen LogP contribution in [0.2, 0.25) is 0 Å². The maximum absolute atomic E-state index is 11.8. The largest absolute Gasteiger partial charge is 0.480 e.